The molecule has 12 nitrogen and oxygen atoms in total. The van der Waals surface area contributed by atoms with Crippen molar-refractivity contribution in [3.63, 3.8) is 0 Å². The van der Waals surface area contributed by atoms with Gasteiger partial charge >= 0.3 is 18.3 Å². The fraction of sp³-hybridized carbons (Fsp3) is 0.513. The van der Waals surface area contributed by atoms with Crippen LogP contribution in [0.1, 0.15) is 57.1 Å². The highest BCUT2D eigenvalue weighted by atomic mass is 32.1. The van der Waals surface area contributed by atoms with Crippen molar-refractivity contribution in [2.24, 2.45) is 5.92 Å². The molecule has 4 fully saturated rings. The lowest BCUT2D eigenvalue weighted by Gasteiger charge is -2.38. The number of fused-ring (bicyclic) bond motifs is 3. The molecule has 2 aromatic heterocycles. The van der Waals surface area contributed by atoms with Crippen LogP contribution >= 0.6 is 11.3 Å². The zero-order valence-electron chi connectivity index (χ0n) is 32.2. The zero-order valence-corrected chi connectivity index (χ0v) is 33.0. The summed E-state index contributed by atoms with van der Waals surface area (Å²) in [7, 11) is 1.23. The van der Waals surface area contributed by atoms with Gasteiger partial charge in [0, 0.05) is 74.5 Å². The Kier molecular flexibility index (Phi) is 13.1. The van der Waals surface area contributed by atoms with E-state index in [0.717, 1.165) is 70.2 Å². The molecule has 0 radical (unpaired) electrons. The maximum atomic E-state index is 15.9. The minimum atomic E-state index is -5.00. The van der Waals surface area contributed by atoms with Crippen LogP contribution in [0, 0.1) is 28.9 Å². The Hall–Kier alpha value is -5.09. The van der Waals surface area contributed by atoms with E-state index in [1.165, 1.54) is 20.0 Å². The fourth-order valence-electron chi connectivity index (χ4n) is 7.73. The molecule has 0 aliphatic carbocycles. The van der Waals surface area contributed by atoms with Crippen molar-refractivity contribution in [3.8, 4) is 23.2 Å². The molecule has 3 N–H and O–H groups in total. The first kappa shape index (κ1) is 42.5. The number of rotatable bonds is 6. The predicted molar refractivity (Wildman–Crippen MR) is 207 cm³/mol. The third-order valence-electron chi connectivity index (χ3n) is 10.6. The number of likely N-dealkylation sites (tertiary alicyclic amines) is 2. The van der Waals surface area contributed by atoms with Crippen molar-refractivity contribution in [1.29, 1.82) is 5.26 Å². The number of benzene rings is 2. The van der Waals surface area contributed by atoms with Gasteiger partial charge in [0.1, 0.15) is 34.4 Å². The normalized spacial score (nSPS) is 19.2. The average Bonchev–Trinajstić information content (AvgIpc) is 3.97. The Bertz CT molecular complexity index is 2190. The van der Waals surface area contributed by atoms with Crippen molar-refractivity contribution >= 4 is 55.1 Å². The minimum absolute atomic E-state index is 0.0444. The summed E-state index contributed by atoms with van der Waals surface area (Å²) in [6, 6.07) is 4.75. The SMILES string of the molecule is CC(=O)N1CC(COC(=O)N2CCCC2)C1.CCNc1nc(OC)nc2c(F)c(-c3ccc(F)c4sc(N)c(C#N)c34)c(C(F)(F)F)cc12.FC1CC2CCCN2C1. The highest BCUT2D eigenvalue weighted by Gasteiger charge is 2.39. The third kappa shape index (κ3) is 8.97. The van der Waals surface area contributed by atoms with Gasteiger partial charge in [-0.1, -0.05) is 6.07 Å². The van der Waals surface area contributed by atoms with E-state index in [4.69, 9.17) is 15.2 Å². The van der Waals surface area contributed by atoms with Crippen LogP contribution in [0.5, 0.6) is 6.01 Å². The van der Waals surface area contributed by atoms with E-state index < -0.39 is 40.6 Å². The van der Waals surface area contributed by atoms with Crippen molar-refractivity contribution < 1.29 is 45.4 Å². The molecule has 2 atom stereocenters. The number of aromatic nitrogens is 2. The number of hydrogen-bond donors (Lipinski definition) is 2. The van der Waals surface area contributed by atoms with Gasteiger partial charge in [0.05, 0.1) is 29.5 Å². The molecule has 58 heavy (non-hydrogen) atoms. The maximum absolute atomic E-state index is 15.9. The van der Waals surface area contributed by atoms with Crippen LogP contribution in [0.3, 0.4) is 0 Å². The molecule has 19 heteroatoms. The number of alkyl halides is 4. The number of carbonyl (C=O) groups excluding carboxylic acids is 2. The van der Waals surface area contributed by atoms with Gasteiger partial charge in [0.15, 0.2) is 5.82 Å². The molecule has 0 saturated carbocycles. The molecule has 4 saturated heterocycles. The molecule has 4 aromatic rings. The first-order valence-corrected chi connectivity index (χ1v) is 19.8. The molecule has 4 aliphatic heterocycles. The van der Waals surface area contributed by atoms with E-state index in [9.17, 15) is 36.8 Å². The van der Waals surface area contributed by atoms with Crippen LogP contribution < -0.4 is 15.8 Å². The summed E-state index contributed by atoms with van der Waals surface area (Å²) in [6.07, 6.45) is -0.220. The van der Waals surface area contributed by atoms with Gasteiger partial charge in [-0.05, 0) is 63.3 Å². The van der Waals surface area contributed by atoms with Gasteiger partial charge < -0.3 is 30.3 Å². The number of anilines is 2. The average molecular weight is 835 g/mol. The van der Waals surface area contributed by atoms with Gasteiger partial charge in [-0.2, -0.15) is 28.4 Å². The molecule has 2 amide bonds. The number of carbonyl (C=O) groups is 2. The van der Waals surface area contributed by atoms with Crippen LogP contribution in [0.2, 0.25) is 0 Å². The molecular weight excluding hydrogens is 791 g/mol. The molecule has 0 spiro atoms. The second kappa shape index (κ2) is 17.8. The number of methoxy groups -OCH3 is 1. The summed E-state index contributed by atoms with van der Waals surface area (Å²) < 4.78 is 95.4. The van der Waals surface area contributed by atoms with Gasteiger partial charge in [-0.3, -0.25) is 9.69 Å². The Balaban J connectivity index is 0.000000184. The van der Waals surface area contributed by atoms with Crippen LogP contribution in [0.25, 0.3) is 32.1 Å². The smallest absolute Gasteiger partial charge is 0.417 e. The number of nitrogens with one attached hydrogen (secondary N) is 1. The van der Waals surface area contributed by atoms with E-state index in [-0.39, 0.29) is 62.0 Å². The number of ether oxygens (including phenoxy) is 2. The van der Waals surface area contributed by atoms with Crippen molar-refractivity contribution in [3.05, 3.63) is 41.0 Å². The second-order valence-electron chi connectivity index (χ2n) is 14.5. The Morgan fingerprint density at radius 3 is 2.43 bits per heavy atom. The van der Waals surface area contributed by atoms with Gasteiger partial charge in [-0.25, -0.2) is 18.0 Å². The van der Waals surface area contributed by atoms with E-state index in [0.29, 0.717) is 36.4 Å². The van der Waals surface area contributed by atoms with Crippen LogP contribution in [-0.4, -0.2) is 108 Å². The second-order valence-corrected chi connectivity index (χ2v) is 15.6. The molecule has 312 valence electrons. The minimum Gasteiger partial charge on any atom is -0.467 e. The lowest BCUT2D eigenvalue weighted by molar-refractivity contribution is -0.137. The largest absolute Gasteiger partial charge is 0.467 e. The van der Waals surface area contributed by atoms with Gasteiger partial charge in [0.25, 0.3) is 0 Å². The van der Waals surface area contributed by atoms with Crippen molar-refractivity contribution in [2.45, 2.75) is 64.3 Å². The molecule has 8 rings (SSSR count). The lowest BCUT2D eigenvalue weighted by atomic mass is 9.92. The van der Waals surface area contributed by atoms with Gasteiger partial charge in [0.2, 0.25) is 5.91 Å². The molecular formula is C39H44F6N8O4S. The summed E-state index contributed by atoms with van der Waals surface area (Å²) in [5, 5.41) is 11.8. The summed E-state index contributed by atoms with van der Waals surface area (Å²) in [5.41, 5.74) is 2.59. The van der Waals surface area contributed by atoms with Crippen molar-refractivity contribution in [2.75, 3.05) is 70.6 Å². The third-order valence-corrected chi connectivity index (χ3v) is 11.6. The molecule has 6 heterocycles. The Morgan fingerprint density at radius 2 is 1.81 bits per heavy atom. The van der Waals surface area contributed by atoms with Gasteiger partial charge in [-0.15, -0.1) is 11.3 Å². The molecule has 2 aromatic carbocycles. The first-order chi connectivity index (χ1) is 27.6. The number of nitrogens with zero attached hydrogens (tertiary/aromatic N) is 6. The molecule has 2 unspecified atom stereocenters. The van der Waals surface area contributed by atoms with E-state index >= 15 is 4.39 Å². The Morgan fingerprint density at radius 1 is 1.09 bits per heavy atom. The first-order valence-electron chi connectivity index (χ1n) is 19.0. The van der Waals surface area contributed by atoms with Crippen LogP contribution in [-0.2, 0) is 15.7 Å². The summed E-state index contributed by atoms with van der Waals surface area (Å²) in [4.78, 5) is 36.1. The maximum Gasteiger partial charge on any atom is 0.417 e. The van der Waals surface area contributed by atoms with E-state index in [1.807, 2.05) is 0 Å². The van der Waals surface area contributed by atoms with E-state index in [2.05, 4.69) is 20.2 Å². The zero-order chi connectivity index (χ0) is 41.9. The van der Waals surface area contributed by atoms with Crippen molar-refractivity contribution in [1.82, 2.24) is 24.7 Å². The number of nitrogen functional groups attached to an aromatic ring is 1. The monoisotopic (exact) mass is 834 g/mol. The standard InChI is InChI=1S/C21H14F5N5OS.C11H18N2O3.C7H12FN/c1-3-29-19-9-6-11(21(24,25)26)14(15(23)16(9)30-20(31-19)32-2)8-4-5-12(22)17-13(8)10(7-27)18(28)33-17;1-9(14)13-6-10(7-13)8-16-11(15)12-4-2-3-5-12;8-6-4-7-2-1-3-9(7)5-6/h4-6H,3,28H2,1-2H3,(H,29,30,31);10H,2-8H2,1H3;6-7H,1-5H2. The molecule has 4 aliphatic rings. The summed E-state index contributed by atoms with van der Waals surface area (Å²) in [6.45, 7) is 8.94. The van der Waals surface area contributed by atoms with E-state index in [1.54, 1.807) is 29.7 Å². The number of nitriles is 1. The fourth-order valence-corrected chi connectivity index (χ4v) is 8.68. The lowest BCUT2D eigenvalue weighted by Crippen LogP contribution is -2.51. The highest BCUT2D eigenvalue weighted by Crippen LogP contribution is 2.47. The Labute approximate surface area is 334 Å². The summed E-state index contributed by atoms with van der Waals surface area (Å²) in [5.74, 6) is -1.73. The quantitative estimate of drug-likeness (QED) is 0.186. The topological polar surface area (TPSA) is 150 Å². The van der Waals surface area contributed by atoms with Crippen LogP contribution in [0.15, 0.2) is 18.2 Å². The van der Waals surface area contributed by atoms with Crippen LogP contribution in [0.4, 0.5) is 42.0 Å². The predicted octanol–water partition coefficient (Wildman–Crippen LogP) is 7.59. The molecule has 0 bridgehead atoms. The number of halogens is 6. The number of nitrogens with two attached hydrogens (primary N) is 1. The summed E-state index contributed by atoms with van der Waals surface area (Å²) >= 11 is 0.698. The number of hydrogen-bond acceptors (Lipinski definition) is 11. The number of amides is 2. The highest BCUT2D eigenvalue weighted by molar-refractivity contribution is 7.23. The number of thiophene rings is 1.